The Hall–Kier alpha value is -1.23. The first-order valence-electron chi connectivity index (χ1n) is 15.5. The molecule has 2 saturated heterocycles. The normalized spacial score (nSPS) is 26.6. The van der Waals surface area contributed by atoms with Crippen molar-refractivity contribution in [2.75, 3.05) is 0 Å². The van der Waals surface area contributed by atoms with Gasteiger partial charge in [0.15, 0.2) is 16.6 Å². The molecule has 0 aromatic carbocycles. The third-order valence-corrected chi connectivity index (χ3v) is 18.3. The van der Waals surface area contributed by atoms with Crippen molar-refractivity contribution < 1.29 is 27.9 Å². The van der Waals surface area contributed by atoms with E-state index in [1.165, 1.54) is 12.8 Å². The fraction of sp³-hybridized carbons (Fsp3) is 0.812. The van der Waals surface area contributed by atoms with Crippen LogP contribution in [0.2, 0.25) is 36.3 Å². The highest BCUT2D eigenvalue weighted by Gasteiger charge is 2.47. The lowest BCUT2D eigenvalue weighted by Gasteiger charge is -2.38. The molecule has 0 N–H and O–H groups in total. The lowest BCUT2D eigenvalue weighted by Crippen LogP contribution is -2.46. The van der Waals surface area contributed by atoms with Crippen LogP contribution in [0.25, 0.3) is 0 Å². The van der Waals surface area contributed by atoms with Gasteiger partial charge in [0, 0.05) is 0 Å². The highest BCUT2D eigenvalue weighted by atomic mass is 28.4. The largest absolute Gasteiger partial charge is 0.456 e. The number of esters is 2. The second-order valence-corrected chi connectivity index (χ2v) is 24.3. The Kier molecular flexibility index (Phi) is 12.1. The van der Waals surface area contributed by atoms with Crippen molar-refractivity contribution >= 4 is 28.6 Å². The molecule has 0 amide bonds. The molecule has 0 saturated carbocycles. The summed E-state index contributed by atoms with van der Waals surface area (Å²) in [6.07, 6.45) is 11.6. The predicted molar refractivity (Wildman–Crippen MR) is 168 cm³/mol. The summed E-state index contributed by atoms with van der Waals surface area (Å²) in [5.41, 5.74) is 1.42. The summed E-state index contributed by atoms with van der Waals surface area (Å²) in [6, 6.07) is 0. The van der Waals surface area contributed by atoms with Crippen LogP contribution in [-0.2, 0) is 27.9 Å². The zero-order chi connectivity index (χ0) is 30.5. The van der Waals surface area contributed by atoms with Gasteiger partial charge in [-0.3, -0.25) is 0 Å². The number of hydrogen-bond donors (Lipinski definition) is 0. The molecule has 2 fully saturated rings. The van der Waals surface area contributed by atoms with Gasteiger partial charge < -0.3 is 18.3 Å². The minimum absolute atomic E-state index is 0.0823. The summed E-state index contributed by atoms with van der Waals surface area (Å²) >= 11 is 0. The molecule has 0 bridgehead atoms. The van der Waals surface area contributed by atoms with E-state index in [4.69, 9.17) is 18.3 Å². The first-order valence-corrected chi connectivity index (χ1v) is 21.3. The summed E-state index contributed by atoms with van der Waals surface area (Å²) < 4.78 is 24.2. The average molecular weight is 595 g/mol. The molecule has 6 nitrogen and oxygen atoms in total. The minimum Gasteiger partial charge on any atom is -0.456 e. The smallest absolute Gasteiger partial charge is 0.336 e. The second kappa shape index (κ2) is 13.8. The van der Waals surface area contributed by atoms with Gasteiger partial charge in [0.05, 0.1) is 11.1 Å². The molecule has 2 aliphatic heterocycles. The Bertz CT molecular complexity index is 862. The molecule has 230 valence electrons. The van der Waals surface area contributed by atoms with Crippen LogP contribution in [0.3, 0.4) is 0 Å². The molecule has 0 spiro atoms. The fourth-order valence-electron chi connectivity index (χ4n) is 4.55. The number of allylic oxidation sites excluding steroid dienone is 2. The van der Waals surface area contributed by atoms with E-state index in [1.54, 1.807) is 0 Å². The highest BCUT2D eigenvalue weighted by Crippen LogP contribution is 2.41. The van der Waals surface area contributed by atoms with Crippen molar-refractivity contribution in [1.29, 1.82) is 0 Å². The number of ether oxygens (including phenoxy) is 2. The van der Waals surface area contributed by atoms with Crippen LogP contribution in [0.15, 0.2) is 23.3 Å². The summed E-state index contributed by atoms with van der Waals surface area (Å²) in [7, 11) is -4.01. The summed E-state index contributed by atoms with van der Waals surface area (Å²) in [5, 5.41) is 0.165. The van der Waals surface area contributed by atoms with Crippen molar-refractivity contribution in [3.8, 4) is 0 Å². The maximum Gasteiger partial charge on any atom is 0.336 e. The van der Waals surface area contributed by atoms with Crippen LogP contribution < -0.4 is 0 Å². The lowest BCUT2D eigenvalue weighted by molar-refractivity contribution is -0.139. The molecule has 0 aromatic rings. The number of hydrogen-bond acceptors (Lipinski definition) is 6. The van der Waals surface area contributed by atoms with Gasteiger partial charge in [0.2, 0.25) is 0 Å². The maximum atomic E-state index is 12.5. The number of carbonyl (C=O) groups is 2. The van der Waals surface area contributed by atoms with Gasteiger partial charge in [-0.1, -0.05) is 79.4 Å². The quantitative estimate of drug-likeness (QED) is 0.0920. The fourth-order valence-corrected chi connectivity index (χ4v) is 7.17. The Labute approximate surface area is 246 Å². The van der Waals surface area contributed by atoms with E-state index in [1.807, 2.05) is 13.8 Å². The van der Waals surface area contributed by atoms with Gasteiger partial charge in [-0.2, -0.15) is 0 Å². The van der Waals surface area contributed by atoms with Crippen LogP contribution in [0, 0.1) is 0 Å². The first kappa shape index (κ1) is 35.0. The molecule has 8 heteroatoms. The monoisotopic (exact) mass is 594 g/mol. The molecule has 2 rings (SSSR count). The topological polar surface area (TPSA) is 71.1 Å². The Morgan fingerprint density at radius 3 is 1.23 bits per heavy atom. The van der Waals surface area contributed by atoms with E-state index >= 15 is 0 Å². The molecule has 2 aliphatic rings. The molecule has 0 radical (unpaired) electrons. The number of cyclic esters (lactones) is 2. The van der Waals surface area contributed by atoms with Crippen molar-refractivity contribution in [3.05, 3.63) is 23.3 Å². The zero-order valence-corrected chi connectivity index (χ0v) is 29.6. The lowest BCUT2D eigenvalue weighted by atomic mass is 10.0. The predicted octanol–water partition coefficient (Wildman–Crippen LogP) is 8.63. The van der Waals surface area contributed by atoms with Crippen LogP contribution in [0.1, 0.15) is 107 Å². The maximum absolute atomic E-state index is 12.5. The van der Waals surface area contributed by atoms with Gasteiger partial charge in [-0.25, -0.2) is 9.59 Å². The van der Waals surface area contributed by atoms with Gasteiger partial charge >= 0.3 is 11.9 Å². The molecule has 2 heterocycles. The van der Waals surface area contributed by atoms with Crippen LogP contribution in [0.4, 0.5) is 0 Å². The SMILES string of the molecule is C[C@@H]1OC(=O)/C(=C\CCCCCCCC/C=C2/C(=O)O[C@@H](C)[C@H]2O[Si](C)(C)C(C)(C)C)[C@@H]1O[Si](C)(C)C(C)(C)C. The van der Waals surface area contributed by atoms with Crippen molar-refractivity contribution in [3.63, 3.8) is 0 Å². The van der Waals surface area contributed by atoms with E-state index in [9.17, 15) is 9.59 Å². The Balaban J connectivity index is 1.75. The molecule has 40 heavy (non-hydrogen) atoms. The summed E-state index contributed by atoms with van der Waals surface area (Å²) in [5.74, 6) is -0.439. The van der Waals surface area contributed by atoms with Crippen molar-refractivity contribution in [2.24, 2.45) is 0 Å². The number of rotatable bonds is 13. The molecular weight excluding hydrogens is 537 g/mol. The van der Waals surface area contributed by atoms with Crippen molar-refractivity contribution in [2.45, 2.75) is 167 Å². The van der Waals surface area contributed by atoms with E-state index in [-0.39, 0.29) is 46.4 Å². The first-order chi connectivity index (χ1) is 18.3. The Morgan fingerprint density at radius 1 is 0.625 bits per heavy atom. The van der Waals surface area contributed by atoms with Gasteiger partial charge in [0.1, 0.15) is 24.4 Å². The van der Waals surface area contributed by atoms with Crippen LogP contribution >= 0.6 is 0 Å². The van der Waals surface area contributed by atoms with Gasteiger partial charge in [-0.15, -0.1) is 0 Å². The zero-order valence-electron chi connectivity index (χ0n) is 27.6. The molecule has 0 unspecified atom stereocenters. The van der Waals surface area contributed by atoms with E-state index < -0.39 is 16.6 Å². The molecular formula is C32H58O6Si2. The third kappa shape index (κ3) is 9.14. The average Bonchev–Trinajstić information content (AvgIpc) is 3.21. The second-order valence-electron chi connectivity index (χ2n) is 14.8. The molecule has 0 aromatic heterocycles. The Morgan fingerprint density at radius 2 is 0.925 bits per heavy atom. The van der Waals surface area contributed by atoms with E-state index in [2.05, 4.69) is 79.9 Å². The highest BCUT2D eigenvalue weighted by molar-refractivity contribution is 6.74. The number of unbranched alkanes of at least 4 members (excludes halogenated alkanes) is 7. The van der Waals surface area contributed by atoms with Crippen LogP contribution in [-0.4, -0.2) is 53.0 Å². The van der Waals surface area contributed by atoms with E-state index in [0.29, 0.717) is 11.1 Å². The van der Waals surface area contributed by atoms with Gasteiger partial charge in [0.25, 0.3) is 0 Å². The number of carbonyl (C=O) groups excluding carboxylic acids is 2. The molecule has 0 aliphatic carbocycles. The van der Waals surface area contributed by atoms with Gasteiger partial charge in [-0.05, 0) is 75.8 Å². The minimum atomic E-state index is -2.01. The third-order valence-electron chi connectivity index (χ3n) is 9.37. The van der Waals surface area contributed by atoms with E-state index in [0.717, 1.165) is 38.5 Å². The van der Waals surface area contributed by atoms with Crippen molar-refractivity contribution in [1.82, 2.24) is 0 Å². The summed E-state index contributed by atoms with van der Waals surface area (Å²) in [4.78, 5) is 24.9. The standard InChI is InChI=1S/C32H58O6Si2/c1-23-27(37-39(9,10)31(3,4)5)25(29(33)35-23)21-19-17-15-13-14-16-18-20-22-26-28(24(2)36-30(26)34)38-40(11,12)32(6,7)8/h21-24,27-28H,13-20H2,1-12H3/b25-21-,26-22+/t23-,24-,27+,28+/m0/s1. The molecule has 4 atom stereocenters. The summed E-state index contributed by atoms with van der Waals surface area (Å²) in [6.45, 7) is 26.0. The van der Waals surface area contributed by atoms with Crippen LogP contribution in [0.5, 0.6) is 0 Å².